The molecule has 0 fully saturated rings. The van der Waals surface area contributed by atoms with E-state index in [1.165, 1.54) is 28.1 Å². The summed E-state index contributed by atoms with van der Waals surface area (Å²) in [5.74, 6) is -0.211. The Labute approximate surface area is 245 Å². The minimum Gasteiger partial charge on any atom is -0.416 e. The molecule has 1 heterocycles. The van der Waals surface area contributed by atoms with Gasteiger partial charge in [0.25, 0.3) is 0 Å². The summed E-state index contributed by atoms with van der Waals surface area (Å²) >= 11 is 0. The monoisotopic (exact) mass is 568 g/mol. The van der Waals surface area contributed by atoms with Crippen molar-refractivity contribution in [2.24, 2.45) is 0 Å². The number of anilines is 2. The van der Waals surface area contributed by atoms with Gasteiger partial charge in [0.2, 0.25) is 5.91 Å². The van der Waals surface area contributed by atoms with Gasteiger partial charge in [-0.1, -0.05) is 75.4 Å². The third-order valence-electron chi connectivity index (χ3n) is 8.08. The molecule has 0 aliphatic rings. The highest BCUT2D eigenvalue weighted by Gasteiger charge is 2.37. The van der Waals surface area contributed by atoms with Crippen LogP contribution in [-0.2, 0) is 22.2 Å². The smallest absolute Gasteiger partial charge is 0.248 e. The summed E-state index contributed by atoms with van der Waals surface area (Å²) in [6, 6.07) is 24.1. The van der Waals surface area contributed by atoms with Crippen LogP contribution in [0.25, 0.3) is 17.0 Å². The predicted molar refractivity (Wildman–Crippen MR) is 175 cm³/mol. The summed E-state index contributed by atoms with van der Waals surface area (Å²) in [6.45, 7) is 14.8. The van der Waals surface area contributed by atoms with Crippen molar-refractivity contribution in [3.8, 4) is 0 Å². The fraction of sp³-hybridized carbons (Fsp3) is 0.324. The number of para-hydroxylation sites is 3. The van der Waals surface area contributed by atoms with Crippen LogP contribution < -0.4 is 11.1 Å². The number of amides is 1. The van der Waals surface area contributed by atoms with E-state index >= 15 is 0 Å². The van der Waals surface area contributed by atoms with Crippen molar-refractivity contribution < 1.29 is 9.22 Å². The molecule has 7 heteroatoms. The van der Waals surface area contributed by atoms with E-state index in [-0.39, 0.29) is 10.9 Å². The number of rotatable bonds is 12. The van der Waals surface area contributed by atoms with Crippen LogP contribution in [0.2, 0.25) is 18.1 Å². The molecule has 3 aromatic carbocycles. The highest BCUT2D eigenvalue weighted by atomic mass is 28.4. The van der Waals surface area contributed by atoms with Crippen LogP contribution in [0.4, 0.5) is 11.4 Å². The molecule has 41 heavy (non-hydrogen) atoms. The van der Waals surface area contributed by atoms with E-state index in [1.54, 1.807) is 12.1 Å². The highest BCUT2D eigenvalue weighted by Crippen LogP contribution is 2.36. The normalized spacial score (nSPS) is 12.4. The molecule has 4 N–H and O–H groups in total. The Morgan fingerprint density at radius 2 is 1.71 bits per heavy atom. The first kappa shape index (κ1) is 30.3. The fourth-order valence-electron chi connectivity index (χ4n) is 4.48. The van der Waals surface area contributed by atoms with Gasteiger partial charge in [-0.3, -0.25) is 9.69 Å². The molecule has 6 nitrogen and oxygen atoms in total. The van der Waals surface area contributed by atoms with Gasteiger partial charge in [-0.15, -0.1) is 0 Å². The number of aromatic nitrogens is 1. The average molecular weight is 569 g/mol. The summed E-state index contributed by atoms with van der Waals surface area (Å²) < 4.78 is 6.53. The van der Waals surface area contributed by atoms with Crippen LogP contribution in [0.5, 0.6) is 0 Å². The fourth-order valence-corrected chi connectivity index (χ4v) is 5.52. The molecule has 1 amide bonds. The van der Waals surface area contributed by atoms with Crippen molar-refractivity contribution in [1.82, 2.24) is 9.88 Å². The van der Waals surface area contributed by atoms with Crippen LogP contribution >= 0.6 is 0 Å². The Balaban J connectivity index is 1.39. The number of nitrogens with one attached hydrogen (secondary N) is 2. The van der Waals surface area contributed by atoms with Gasteiger partial charge >= 0.3 is 0 Å². The van der Waals surface area contributed by atoms with Crippen molar-refractivity contribution in [2.45, 2.75) is 51.9 Å². The number of carbonyl (C=O) groups is 1. The lowest BCUT2D eigenvalue weighted by atomic mass is 10.1. The van der Waals surface area contributed by atoms with E-state index in [1.807, 2.05) is 18.2 Å². The van der Waals surface area contributed by atoms with Gasteiger partial charge in [0.15, 0.2) is 8.32 Å². The number of benzene rings is 3. The minimum atomic E-state index is -1.81. The van der Waals surface area contributed by atoms with Crippen molar-refractivity contribution in [2.75, 3.05) is 30.7 Å². The van der Waals surface area contributed by atoms with Gasteiger partial charge in [0, 0.05) is 49.4 Å². The topological polar surface area (TPSA) is 83.4 Å². The maximum atomic E-state index is 12.4. The molecule has 0 saturated carbocycles. The number of H-pyrrole nitrogens is 1. The van der Waals surface area contributed by atoms with E-state index in [2.05, 4.69) is 104 Å². The average Bonchev–Trinajstić information content (AvgIpc) is 3.35. The number of carbonyl (C=O) groups excluding carboxylic acids is 1. The van der Waals surface area contributed by atoms with Crippen LogP contribution in [0, 0.1) is 0 Å². The Bertz CT molecular complexity index is 1470. The lowest BCUT2D eigenvalue weighted by Crippen LogP contribution is -2.43. The van der Waals surface area contributed by atoms with Crippen molar-refractivity contribution in [3.63, 3.8) is 0 Å². The molecular weight excluding hydrogens is 524 g/mol. The Kier molecular flexibility index (Phi) is 9.86. The standard InChI is InChI=1S/C34H44N4O2Si/c1-34(2,3)41(4,5)40-23-22-38(21-20-28-24-36-31-12-8-6-10-29(28)31)25-27-16-14-26(15-17-27)18-19-33(39)37-32-13-9-7-11-30(32)35/h6-19,24,36H,20-23,25,35H2,1-5H3,(H,37,39). The summed E-state index contributed by atoms with van der Waals surface area (Å²) in [5.41, 5.74) is 11.8. The summed E-state index contributed by atoms with van der Waals surface area (Å²) in [5, 5.41) is 4.31. The predicted octanol–water partition coefficient (Wildman–Crippen LogP) is 7.47. The van der Waals surface area contributed by atoms with E-state index in [4.69, 9.17) is 10.2 Å². The first-order chi connectivity index (χ1) is 19.5. The molecular formula is C34H44N4O2Si. The highest BCUT2D eigenvalue weighted by molar-refractivity contribution is 6.74. The first-order valence-corrected chi connectivity index (χ1v) is 17.3. The Morgan fingerprint density at radius 3 is 2.44 bits per heavy atom. The number of hydrogen-bond donors (Lipinski definition) is 3. The molecule has 0 aliphatic heterocycles. The summed E-state index contributed by atoms with van der Waals surface area (Å²) in [7, 11) is -1.81. The second-order valence-corrected chi connectivity index (χ2v) is 17.0. The van der Waals surface area contributed by atoms with Crippen LogP contribution in [-0.4, -0.2) is 43.8 Å². The van der Waals surface area contributed by atoms with Gasteiger partial charge in [0.1, 0.15) is 0 Å². The molecule has 0 radical (unpaired) electrons. The number of aromatic amines is 1. The first-order valence-electron chi connectivity index (χ1n) is 14.4. The molecule has 4 aromatic rings. The van der Waals surface area contributed by atoms with E-state index in [0.29, 0.717) is 11.4 Å². The second kappa shape index (κ2) is 13.3. The Morgan fingerprint density at radius 1 is 1.00 bits per heavy atom. The second-order valence-electron chi connectivity index (χ2n) is 12.1. The van der Waals surface area contributed by atoms with Crippen LogP contribution in [0.3, 0.4) is 0 Å². The van der Waals surface area contributed by atoms with E-state index in [0.717, 1.165) is 38.2 Å². The quantitative estimate of drug-likeness (QED) is 0.0940. The maximum absolute atomic E-state index is 12.4. The third kappa shape index (κ3) is 8.42. The summed E-state index contributed by atoms with van der Waals surface area (Å²) in [4.78, 5) is 18.3. The lowest BCUT2D eigenvalue weighted by molar-refractivity contribution is -0.111. The van der Waals surface area contributed by atoms with Gasteiger partial charge < -0.3 is 20.5 Å². The van der Waals surface area contributed by atoms with Crippen LogP contribution in [0.1, 0.15) is 37.5 Å². The zero-order chi connectivity index (χ0) is 29.5. The summed E-state index contributed by atoms with van der Waals surface area (Å²) in [6.07, 6.45) is 6.46. The molecule has 0 aliphatic carbocycles. The van der Waals surface area contributed by atoms with Crippen molar-refractivity contribution in [1.29, 1.82) is 0 Å². The maximum Gasteiger partial charge on any atom is 0.248 e. The number of fused-ring (bicyclic) bond motifs is 1. The molecule has 0 atom stereocenters. The minimum absolute atomic E-state index is 0.190. The number of nitrogens with two attached hydrogens (primary N) is 1. The van der Waals surface area contributed by atoms with Gasteiger partial charge in [0.05, 0.1) is 11.4 Å². The lowest BCUT2D eigenvalue weighted by Gasteiger charge is -2.37. The third-order valence-corrected chi connectivity index (χ3v) is 12.6. The Hall–Kier alpha value is -3.65. The molecule has 0 saturated heterocycles. The molecule has 4 rings (SSSR count). The molecule has 216 valence electrons. The zero-order valence-corrected chi connectivity index (χ0v) is 26.0. The largest absolute Gasteiger partial charge is 0.416 e. The SMILES string of the molecule is CC(C)(C)[Si](C)(C)OCCN(CCc1c[nH]c2ccccc12)Cc1ccc(C=CC(=O)Nc2ccccc2N)cc1. The molecule has 0 spiro atoms. The number of nitrogens with zero attached hydrogens (tertiary/aromatic N) is 1. The van der Waals surface area contributed by atoms with Gasteiger partial charge in [-0.2, -0.15) is 0 Å². The number of nitrogen functional groups attached to an aromatic ring is 1. The van der Waals surface area contributed by atoms with Gasteiger partial charge in [-0.05, 0) is 65.5 Å². The van der Waals surface area contributed by atoms with E-state index in [9.17, 15) is 4.79 Å². The molecule has 0 unspecified atom stereocenters. The van der Waals surface area contributed by atoms with Crippen molar-refractivity contribution >= 4 is 42.6 Å². The van der Waals surface area contributed by atoms with Gasteiger partial charge in [-0.25, -0.2) is 0 Å². The zero-order valence-electron chi connectivity index (χ0n) is 25.0. The van der Waals surface area contributed by atoms with Crippen LogP contribution in [0.15, 0.2) is 85.1 Å². The van der Waals surface area contributed by atoms with Crippen molar-refractivity contribution in [3.05, 3.63) is 102 Å². The molecule has 1 aromatic heterocycles. The number of hydrogen-bond acceptors (Lipinski definition) is 4. The molecule has 0 bridgehead atoms. The van der Waals surface area contributed by atoms with E-state index < -0.39 is 8.32 Å².